The highest BCUT2D eigenvalue weighted by Gasteiger charge is 2.21. The molecule has 0 saturated carbocycles. The summed E-state index contributed by atoms with van der Waals surface area (Å²) in [5.41, 5.74) is 3.11. The molecule has 0 amide bonds. The number of sulfonamides is 1. The number of hydrazine groups is 1. The highest BCUT2D eigenvalue weighted by atomic mass is 32.2. The molecular formula is C11H17N3O3S. The maximum Gasteiger partial charge on any atom is 0.240 e. The minimum Gasteiger partial charge on any atom is -0.380 e. The van der Waals surface area contributed by atoms with E-state index in [9.17, 15) is 8.42 Å². The standard InChI is InChI=1S/C11H17N3O3S/c12-13-9-3-5-11(6-4-9)18(15,16)14-10-2-1-7-17-8-10/h3-6,10,13-14H,1-2,7-8,12H2. The molecule has 1 heterocycles. The topological polar surface area (TPSA) is 93.5 Å². The van der Waals surface area contributed by atoms with E-state index >= 15 is 0 Å². The zero-order chi connectivity index (χ0) is 13.0. The Kier molecular flexibility index (Phi) is 4.18. The molecule has 2 rings (SSSR count). The van der Waals surface area contributed by atoms with E-state index in [1.807, 2.05) is 0 Å². The predicted octanol–water partition coefficient (Wildman–Crippen LogP) is 0.430. The third kappa shape index (κ3) is 3.20. The summed E-state index contributed by atoms with van der Waals surface area (Å²) in [5, 5.41) is 0. The van der Waals surface area contributed by atoms with Gasteiger partial charge in [-0.25, -0.2) is 13.1 Å². The van der Waals surface area contributed by atoms with Gasteiger partial charge in [-0.05, 0) is 37.1 Å². The average Bonchev–Trinajstić information content (AvgIpc) is 2.39. The van der Waals surface area contributed by atoms with Crippen LogP contribution in [0.15, 0.2) is 29.2 Å². The molecule has 0 aromatic heterocycles. The fourth-order valence-electron chi connectivity index (χ4n) is 1.85. The summed E-state index contributed by atoms with van der Waals surface area (Å²) in [7, 11) is -3.48. The van der Waals surface area contributed by atoms with Crippen LogP contribution >= 0.6 is 0 Å². The molecule has 6 nitrogen and oxygen atoms in total. The van der Waals surface area contributed by atoms with Gasteiger partial charge in [-0.1, -0.05) is 0 Å². The van der Waals surface area contributed by atoms with Crippen molar-refractivity contribution in [3.8, 4) is 0 Å². The number of nitrogen functional groups attached to an aromatic ring is 1. The number of anilines is 1. The smallest absolute Gasteiger partial charge is 0.240 e. The first kappa shape index (κ1) is 13.3. The van der Waals surface area contributed by atoms with Crippen molar-refractivity contribution in [1.29, 1.82) is 0 Å². The lowest BCUT2D eigenvalue weighted by Gasteiger charge is -2.22. The van der Waals surface area contributed by atoms with Crippen LogP contribution in [0, 0.1) is 0 Å². The largest absolute Gasteiger partial charge is 0.380 e. The second kappa shape index (κ2) is 5.66. The van der Waals surface area contributed by atoms with Crippen LogP contribution in [0.4, 0.5) is 5.69 Å². The highest BCUT2D eigenvalue weighted by Crippen LogP contribution is 2.15. The molecule has 1 aromatic carbocycles. The number of ether oxygens (including phenoxy) is 1. The van der Waals surface area contributed by atoms with Gasteiger partial charge in [0, 0.05) is 18.3 Å². The summed E-state index contributed by atoms with van der Waals surface area (Å²) < 4.78 is 32.1. The summed E-state index contributed by atoms with van der Waals surface area (Å²) in [4.78, 5) is 0.229. The lowest BCUT2D eigenvalue weighted by Crippen LogP contribution is -2.40. The van der Waals surface area contributed by atoms with Gasteiger partial charge in [0.1, 0.15) is 0 Å². The Morgan fingerprint density at radius 2 is 2.00 bits per heavy atom. The normalized spacial score (nSPS) is 20.6. The van der Waals surface area contributed by atoms with Gasteiger partial charge in [-0.3, -0.25) is 5.84 Å². The number of nitrogens with two attached hydrogens (primary N) is 1. The molecule has 0 bridgehead atoms. The first-order valence-corrected chi connectivity index (χ1v) is 7.27. The number of nitrogens with one attached hydrogen (secondary N) is 2. The van der Waals surface area contributed by atoms with Crippen molar-refractivity contribution in [3.05, 3.63) is 24.3 Å². The Morgan fingerprint density at radius 3 is 2.56 bits per heavy atom. The molecule has 0 radical (unpaired) electrons. The van der Waals surface area contributed by atoms with Crippen molar-refractivity contribution >= 4 is 15.7 Å². The quantitative estimate of drug-likeness (QED) is 0.545. The number of hydrogen-bond donors (Lipinski definition) is 3. The monoisotopic (exact) mass is 271 g/mol. The van der Waals surface area contributed by atoms with Gasteiger partial charge >= 0.3 is 0 Å². The van der Waals surface area contributed by atoms with Crippen LogP contribution in [0.1, 0.15) is 12.8 Å². The van der Waals surface area contributed by atoms with E-state index in [1.165, 1.54) is 12.1 Å². The molecule has 1 aromatic rings. The van der Waals surface area contributed by atoms with Crippen molar-refractivity contribution in [2.24, 2.45) is 5.84 Å². The third-order valence-electron chi connectivity index (χ3n) is 2.81. The zero-order valence-corrected chi connectivity index (χ0v) is 10.7. The first-order chi connectivity index (χ1) is 8.62. The van der Waals surface area contributed by atoms with Crippen LogP contribution in [0.5, 0.6) is 0 Å². The van der Waals surface area contributed by atoms with E-state index in [4.69, 9.17) is 10.6 Å². The van der Waals surface area contributed by atoms with Gasteiger partial charge in [-0.2, -0.15) is 0 Å². The second-order valence-corrected chi connectivity index (χ2v) is 5.92. The molecule has 7 heteroatoms. The van der Waals surface area contributed by atoms with Crippen LogP contribution in [0.25, 0.3) is 0 Å². The number of hydrogen-bond acceptors (Lipinski definition) is 5. The first-order valence-electron chi connectivity index (χ1n) is 5.78. The van der Waals surface area contributed by atoms with Gasteiger partial charge in [0.2, 0.25) is 10.0 Å². The van der Waals surface area contributed by atoms with Crippen LogP contribution in [0.3, 0.4) is 0 Å². The average molecular weight is 271 g/mol. The molecule has 4 N–H and O–H groups in total. The van der Waals surface area contributed by atoms with Gasteiger partial charge in [0.15, 0.2) is 0 Å². The maximum atomic E-state index is 12.1. The van der Waals surface area contributed by atoms with E-state index in [2.05, 4.69) is 10.1 Å². The summed E-state index contributed by atoms with van der Waals surface area (Å²) in [5.74, 6) is 5.23. The summed E-state index contributed by atoms with van der Waals surface area (Å²) in [6.07, 6.45) is 1.69. The van der Waals surface area contributed by atoms with Crippen LogP contribution in [0.2, 0.25) is 0 Å². The van der Waals surface area contributed by atoms with Gasteiger partial charge in [0.25, 0.3) is 0 Å². The fraction of sp³-hybridized carbons (Fsp3) is 0.455. The summed E-state index contributed by atoms with van der Waals surface area (Å²) in [6, 6.07) is 6.12. The van der Waals surface area contributed by atoms with Gasteiger partial charge in [0.05, 0.1) is 11.5 Å². The second-order valence-electron chi connectivity index (χ2n) is 4.20. The molecule has 100 valence electrons. The minimum atomic E-state index is -3.48. The Labute approximate surface area is 107 Å². The van der Waals surface area contributed by atoms with Crippen LogP contribution in [-0.4, -0.2) is 27.7 Å². The van der Waals surface area contributed by atoms with Gasteiger partial charge < -0.3 is 10.2 Å². The van der Waals surface area contributed by atoms with Crippen molar-refractivity contribution < 1.29 is 13.2 Å². The zero-order valence-electron chi connectivity index (χ0n) is 9.93. The molecule has 1 aliphatic heterocycles. The van der Waals surface area contributed by atoms with Crippen molar-refractivity contribution in [3.63, 3.8) is 0 Å². The molecule has 1 aliphatic rings. The molecule has 0 spiro atoms. The van der Waals surface area contributed by atoms with E-state index in [1.54, 1.807) is 12.1 Å². The molecule has 1 unspecified atom stereocenters. The molecule has 18 heavy (non-hydrogen) atoms. The van der Waals surface area contributed by atoms with E-state index in [0.29, 0.717) is 18.9 Å². The number of rotatable bonds is 4. The number of benzene rings is 1. The van der Waals surface area contributed by atoms with Crippen molar-refractivity contribution in [2.45, 2.75) is 23.8 Å². The van der Waals surface area contributed by atoms with E-state index < -0.39 is 10.0 Å². The molecule has 1 atom stereocenters. The lowest BCUT2D eigenvalue weighted by atomic mass is 10.1. The third-order valence-corrected chi connectivity index (χ3v) is 4.35. The molecule has 1 saturated heterocycles. The Bertz CT molecular complexity index is 481. The van der Waals surface area contributed by atoms with Crippen molar-refractivity contribution in [2.75, 3.05) is 18.6 Å². The molecular weight excluding hydrogens is 254 g/mol. The maximum absolute atomic E-state index is 12.1. The molecule has 0 aliphatic carbocycles. The van der Waals surface area contributed by atoms with E-state index in [-0.39, 0.29) is 10.9 Å². The van der Waals surface area contributed by atoms with Crippen LogP contribution < -0.4 is 16.0 Å². The van der Waals surface area contributed by atoms with Crippen LogP contribution in [-0.2, 0) is 14.8 Å². The predicted molar refractivity (Wildman–Crippen MR) is 68.4 cm³/mol. The summed E-state index contributed by atoms with van der Waals surface area (Å²) >= 11 is 0. The Balaban J connectivity index is 2.08. The molecule has 1 fully saturated rings. The lowest BCUT2D eigenvalue weighted by molar-refractivity contribution is 0.0774. The Morgan fingerprint density at radius 1 is 1.28 bits per heavy atom. The van der Waals surface area contributed by atoms with Gasteiger partial charge in [-0.15, -0.1) is 0 Å². The SMILES string of the molecule is NNc1ccc(S(=O)(=O)NC2CCCOC2)cc1. The van der Waals surface area contributed by atoms with Crippen molar-refractivity contribution in [1.82, 2.24) is 4.72 Å². The summed E-state index contributed by atoms with van der Waals surface area (Å²) in [6.45, 7) is 1.14. The highest BCUT2D eigenvalue weighted by molar-refractivity contribution is 7.89. The fourth-order valence-corrected chi connectivity index (χ4v) is 3.11. The van der Waals surface area contributed by atoms with E-state index in [0.717, 1.165) is 12.8 Å². The minimum absolute atomic E-state index is 0.143. The Hall–Kier alpha value is -1.15.